The molecule has 0 aromatic rings. The van der Waals surface area contributed by atoms with Crippen LogP contribution in [0.15, 0.2) is 0 Å². The molecule has 2 N–H and O–H groups in total. The van der Waals surface area contributed by atoms with Crippen molar-refractivity contribution < 1.29 is 9.84 Å². The van der Waals surface area contributed by atoms with E-state index in [1.54, 1.807) is 7.11 Å². The van der Waals surface area contributed by atoms with Crippen LogP contribution in [0.4, 0.5) is 0 Å². The van der Waals surface area contributed by atoms with Crippen molar-refractivity contribution in [1.82, 2.24) is 5.32 Å². The molecular weight excluding hydrogens is 142 g/mol. The standard InChI is InChI=1S/C8H17NO2/c1-11-5-4-8(6-10)9-7-2-3-7/h7-10H,2-6H2,1H3. The summed E-state index contributed by atoms with van der Waals surface area (Å²) in [6, 6.07) is 0.909. The molecular formula is C8H17NO2. The number of hydrogen-bond acceptors (Lipinski definition) is 3. The van der Waals surface area contributed by atoms with Crippen LogP contribution in [0.3, 0.4) is 0 Å². The lowest BCUT2D eigenvalue weighted by atomic mass is 10.2. The summed E-state index contributed by atoms with van der Waals surface area (Å²) in [5.41, 5.74) is 0. The van der Waals surface area contributed by atoms with Gasteiger partial charge in [-0.25, -0.2) is 0 Å². The number of hydrogen-bond donors (Lipinski definition) is 2. The Morgan fingerprint density at radius 2 is 2.36 bits per heavy atom. The summed E-state index contributed by atoms with van der Waals surface area (Å²) in [4.78, 5) is 0. The molecule has 0 bridgehead atoms. The Morgan fingerprint density at radius 1 is 1.64 bits per heavy atom. The minimum Gasteiger partial charge on any atom is -0.395 e. The van der Waals surface area contributed by atoms with Crippen LogP contribution in [0.1, 0.15) is 19.3 Å². The van der Waals surface area contributed by atoms with Gasteiger partial charge in [-0.1, -0.05) is 0 Å². The highest BCUT2D eigenvalue weighted by Gasteiger charge is 2.23. The molecule has 11 heavy (non-hydrogen) atoms. The van der Waals surface area contributed by atoms with E-state index in [-0.39, 0.29) is 12.6 Å². The monoisotopic (exact) mass is 159 g/mol. The summed E-state index contributed by atoms with van der Waals surface area (Å²) in [7, 11) is 1.69. The first-order valence-corrected chi connectivity index (χ1v) is 4.22. The van der Waals surface area contributed by atoms with Crippen LogP contribution >= 0.6 is 0 Å². The van der Waals surface area contributed by atoms with Gasteiger partial charge in [0.1, 0.15) is 0 Å². The van der Waals surface area contributed by atoms with Gasteiger partial charge in [0, 0.05) is 25.8 Å². The zero-order valence-corrected chi connectivity index (χ0v) is 7.05. The topological polar surface area (TPSA) is 41.5 Å². The molecule has 1 aliphatic rings. The van der Waals surface area contributed by atoms with Crippen molar-refractivity contribution in [2.45, 2.75) is 31.3 Å². The van der Waals surface area contributed by atoms with Crippen LogP contribution in [-0.4, -0.2) is 37.5 Å². The summed E-state index contributed by atoms with van der Waals surface area (Å²) in [5, 5.41) is 12.3. The summed E-state index contributed by atoms with van der Waals surface area (Å²) >= 11 is 0. The van der Waals surface area contributed by atoms with Crippen molar-refractivity contribution in [3.05, 3.63) is 0 Å². The van der Waals surface area contributed by atoms with Gasteiger partial charge < -0.3 is 15.2 Å². The Labute approximate surface area is 67.7 Å². The molecule has 1 unspecified atom stereocenters. The molecule has 0 radical (unpaired) electrons. The van der Waals surface area contributed by atoms with Gasteiger partial charge in [-0.05, 0) is 19.3 Å². The predicted octanol–water partition coefficient (Wildman–Crippen LogP) is 0.136. The van der Waals surface area contributed by atoms with Crippen LogP contribution in [0.2, 0.25) is 0 Å². The highest BCUT2D eigenvalue weighted by atomic mass is 16.5. The molecule has 1 fully saturated rings. The second kappa shape index (κ2) is 4.70. The average molecular weight is 159 g/mol. The van der Waals surface area contributed by atoms with Gasteiger partial charge in [-0.3, -0.25) is 0 Å². The Morgan fingerprint density at radius 3 is 2.82 bits per heavy atom. The third-order valence-corrected chi connectivity index (χ3v) is 1.94. The van der Waals surface area contributed by atoms with Crippen LogP contribution < -0.4 is 5.32 Å². The Kier molecular flexibility index (Phi) is 3.83. The number of nitrogens with one attached hydrogen (secondary N) is 1. The lowest BCUT2D eigenvalue weighted by molar-refractivity contribution is 0.159. The molecule has 66 valence electrons. The van der Waals surface area contributed by atoms with Crippen LogP contribution in [0, 0.1) is 0 Å². The minimum absolute atomic E-state index is 0.222. The third-order valence-electron chi connectivity index (χ3n) is 1.94. The number of ether oxygens (including phenoxy) is 1. The highest BCUT2D eigenvalue weighted by Crippen LogP contribution is 2.19. The first-order chi connectivity index (χ1) is 5.36. The van der Waals surface area contributed by atoms with Gasteiger partial charge in [-0.2, -0.15) is 0 Å². The van der Waals surface area contributed by atoms with Crippen molar-refractivity contribution in [1.29, 1.82) is 0 Å². The third kappa shape index (κ3) is 3.70. The fourth-order valence-corrected chi connectivity index (χ4v) is 1.07. The Balaban J connectivity index is 2.02. The fourth-order valence-electron chi connectivity index (χ4n) is 1.07. The molecule has 0 amide bonds. The van der Waals surface area contributed by atoms with Crippen molar-refractivity contribution in [2.75, 3.05) is 20.3 Å². The Hall–Kier alpha value is -0.120. The van der Waals surface area contributed by atoms with Crippen LogP contribution in [0.5, 0.6) is 0 Å². The minimum atomic E-state index is 0.222. The molecule has 1 rings (SSSR count). The van der Waals surface area contributed by atoms with E-state index in [2.05, 4.69) is 5.32 Å². The normalized spacial score (nSPS) is 20.2. The Bertz CT molecular complexity index is 104. The number of rotatable bonds is 6. The first kappa shape index (κ1) is 8.97. The summed E-state index contributed by atoms with van der Waals surface area (Å²) in [5.74, 6) is 0. The molecule has 0 aromatic heterocycles. The van der Waals surface area contributed by atoms with Crippen molar-refractivity contribution in [3.63, 3.8) is 0 Å². The summed E-state index contributed by atoms with van der Waals surface area (Å²) in [6.45, 7) is 0.949. The van der Waals surface area contributed by atoms with E-state index < -0.39 is 0 Å². The largest absolute Gasteiger partial charge is 0.395 e. The smallest absolute Gasteiger partial charge is 0.0585 e. The van der Waals surface area contributed by atoms with E-state index in [9.17, 15) is 0 Å². The van der Waals surface area contributed by atoms with Gasteiger partial charge >= 0.3 is 0 Å². The average Bonchev–Trinajstić information content (AvgIpc) is 2.81. The second-order valence-corrected chi connectivity index (χ2v) is 3.10. The summed E-state index contributed by atoms with van der Waals surface area (Å²) in [6.07, 6.45) is 3.44. The van der Waals surface area contributed by atoms with Gasteiger partial charge in [-0.15, -0.1) is 0 Å². The summed E-state index contributed by atoms with van der Waals surface area (Å²) < 4.78 is 4.93. The maximum absolute atomic E-state index is 8.91. The lowest BCUT2D eigenvalue weighted by Gasteiger charge is -2.14. The first-order valence-electron chi connectivity index (χ1n) is 4.22. The zero-order chi connectivity index (χ0) is 8.10. The number of methoxy groups -OCH3 is 1. The van der Waals surface area contributed by atoms with Gasteiger partial charge in [0.05, 0.1) is 6.61 Å². The zero-order valence-electron chi connectivity index (χ0n) is 7.05. The molecule has 1 atom stereocenters. The molecule has 1 saturated carbocycles. The molecule has 0 aliphatic heterocycles. The lowest BCUT2D eigenvalue weighted by Crippen LogP contribution is -2.35. The molecule has 3 heteroatoms. The quantitative estimate of drug-likeness (QED) is 0.579. The van der Waals surface area contributed by atoms with E-state index in [0.29, 0.717) is 6.04 Å². The predicted molar refractivity (Wildman–Crippen MR) is 43.5 cm³/mol. The molecule has 1 aliphatic carbocycles. The number of aliphatic hydroxyl groups is 1. The maximum Gasteiger partial charge on any atom is 0.0585 e. The van der Waals surface area contributed by atoms with Gasteiger partial charge in [0.2, 0.25) is 0 Å². The van der Waals surface area contributed by atoms with Crippen LogP contribution in [0.25, 0.3) is 0 Å². The molecule has 0 aromatic carbocycles. The SMILES string of the molecule is COCCC(CO)NC1CC1. The molecule has 0 saturated heterocycles. The fraction of sp³-hybridized carbons (Fsp3) is 1.00. The van der Waals surface area contributed by atoms with E-state index in [1.165, 1.54) is 12.8 Å². The molecule has 0 spiro atoms. The molecule has 3 nitrogen and oxygen atoms in total. The molecule has 0 heterocycles. The van der Waals surface area contributed by atoms with Gasteiger partial charge in [0.15, 0.2) is 0 Å². The van der Waals surface area contributed by atoms with Crippen LogP contribution in [-0.2, 0) is 4.74 Å². The van der Waals surface area contributed by atoms with E-state index in [1.807, 2.05) is 0 Å². The maximum atomic E-state index is 8.91. The highest BCUT2D eigenvalue weighted by molar-refractivity contribution is 4.84. The van der Waals surface area contributed by atoms with Crippen molar-refractivity contribution in [2.24, 2.45) is 0 Å². The van der Waals surface area contributed by atoms with Crippen molar-refractivity contribution >= 4 is 0 Å². The second-order valence-electron chi connectivity index (χ2n) is 3.10. The van der Waals surface area contributed by atoms with E-state index >= 15 is 0 Å². The van der Waals surface area contributed by atoms with E-state index in [4.69, 9.17) is 9.84 Å². The van der Waals surface area contributed by atoms with Gasteiger partial charge in [0.25, 0.3) is 0 Å². The van der Waals surface area contributed by atoms with E-state index in [0.717, 1.165) is 13.0 Å². The number of aliphatic hydroxyl groups excluding tert-OH is 1. The van der Waals surface area contributed by atoms with Crippen molar-refractivity contribution in [3.8, 4) is 0 Å².